The van der Waals surface area contributed by atoms with Gasteiger partial charge in [0, 0.05) is 18.6 Å². The topological polar surface area (TPSA) is 46.1 Å². The van der Waals surface area contributed by atoms with Crippen molar-refractivity contribution in [3.05, 3.63) is 0 Å². The van der Waals surface area contributed by atoms with Crippen molar-refractivity contribution in [1.29, 1.82) is 0 Å². The third-order valence-electron chi connectivity index (χ3n) is 7.46. The van der Waals surface area contributed by atoms with Crippen LogP contribution in [0.15, 0.2) is 4.99 Å². The van der Waals surface area contributed by atoms with Gasteiger partial charge in [-0.05, 0) is 105 Å². The molecule has 2 N–H and O–H groups in total. The SMILES string of the molecule is CCNC(=NCC1(N2CCCCC2)CCN(C)CC1)NCCCN1CCCCCC1. The molecule has 3 fully saturated rings. The fourth-order valence-electron chi connectivity index (χ4n) is 5.41. The second-order valence-corrected chi connectivity index (χ2v) is 9.81. The fourth-order valence-corrected chi connectivity index (χ4v) is 5.41. The monoisotopic (exact) mass is 420 g/mol. The molecule has 3 rings (SSSR count). The van der Waals surface area contributed by atoms with Crippen molar-refractivity contribution >= 4 is 5.96 Å². The predicted molar refractivity (Wildman–Crippen MR) is 128 cm³/mol. The van der Waals surface area contributed by atoms with Crippen molar-refractivity contribution in [2.24, 2.45) is 4.99 Å². The lowest BCUT2D eigenvalue weighted by Crippen LogP contribution is -2.58. The average molecular weight is 421 g/mol. The summed E-state index contributed by atoms with van der Waals surface area (Å²) in [5.41, 5.74) is 0.265. The Morgan fingerprint density at radius 1 is 0.833 bits per heavy atom. The standard InChI is InChI=1S/C24H48N6/c1-3-25-23(26-14-11-17-29-15-7-4-5-8-16-29)27-22-24(12-20-28(2)21-13-24)30-18-9-6-10-19-30/h3-22H2,1-2H3,(H2,25,26,27). The Labute approximate surface area is 185 Å². The van der Waals surface area contributed by atoms with Gasteiger partial charge in [-0.1, -0.05) is 19.3 Å². The van der Waals surface area contributed by atoms with Gasteiger partial charge in [-0.3, -0.25) is 9.89 Å². The van der Waals surface area contributed by atoms with E-state index in [4.69, 9.17) is 4.99 Å². The largest absolute Gasteiger partial charge is 0.357 e. The van der Waals surface area contributed by atoms with Crippen LogP contribution in [0.2, 0.25) is 0 Å². The van der Waals surface area contributed by atoms with Crippen molar-refractivity contribution in [1.82, 2.24) is 25.3 Å². The van der Waals surface area contributed by atoms with Crippen molar-refractivity contribution in [3.63, 3.8) is 0 Å². The van der Waals surface area contributed by atoms with Gasteiger partial charge in [0.1, 0.15) is 0 Å². The maximum atomic E-state index is 5.13. The highest BCUT2D eigenvalue weighted by atomic mass is 15.3. The molecule has 0 spiro atoms. The van der Waals surface area contributed by atoms with Gasteiger partial charge < -0.3 is 20.4 Å². The molecule has 0 aromatic carbocycles. The molecule has 0 unspecified atom stereocenters. The number of piperidine rings is 2. The lowest BCUT2D eigenvalue weighted by atomic mass is 9.84. The minimum absolute atomic E-state index is 0.265. The van der Waals surface area contributed by atoms with E-state index in [-0.39, 0.29) is 5.54 Å². The first-order valence-corrected chi connectivity index (χ1v) is 12.9. The van der Waals surface area contributed by atoms with Crippen LogP contribution in [0.5, 0.6) is 0 Å². The maximum Gasteiger partial charge on any atom is 0.191 e. The summed E-state index contributed by atoms with van der Waals surface area (Å²) in [7, 11) is 2.26. The predicted octanol–water partition coefficient (Wildman–Crippen LogP) is 2.76. The van der Waals surface area contributed by atoms with E-state index in [0.717, 1.165) is 25.6 Å². The second-order valence-electron chi connectivity index (χ2n) is 9.81. The lowest BCUT2D eigenvalue weighted by molar-refractivity contribution is 0.0208. The molecule has 3 heterocycles. The van der Waals surface area contributed by atoms with Crippen molar-refractivity contribution < 1.29 is 0 Å². The van der Waals surface area contributed by atoms with E-state index in [0.29, 0.717) is 0 Å². The van der Waals surface area contributed by atoms with E-state index >= 15 is 0 Å². The Morgan fingerprint density at radius 2 is 1.47 bits per heavy atom. The molecule has 0 amide bonds. The molecule has 3 aliphatic heterocycles. The summed E-state index contributed by atoms with van der Waals surface area (Å²) in [5, 5.41) is 7.12. The Hall–Kier alpha value is -0.850. The summed E-state index contributed by atoms with van der Waals surface area (Å²) >= 11 is 0. The zero-order chi connectivity index (χ0) is 21.1. The first-order valence-electron chi connectivity index (χ1n) is 12.9. The van der Waals surface area contributed by atoms with Crippen LogP contribution in [0.25, 0.3) is 0 Å². The zero-order valence-electron chi connectivity index (χ0n) is 19.9. The van der Waals surface area contributed by atoms with Gasteiger partial charge in [0.15, 0.2) is 5.96 Å². The van der Waals surface area contributed by atoms with Gasteiger partial charge in [0.05, 0.1) is 6.54 Å². The lowest BCUT2D eigenvalue weighted by Gasteiger charge is -2.49. The van der Waals surface area contributed by atoms with Crippen LogP contribution in [0.4, 0.5) is 0 Å². The summed E-state index contributed by atoms with van der Waals surface area (Å²) in [5.74, 6) is 1.02. The third kappa shape index (κ3) is 7.38. The summed E-state index contributed by atoms with van der Waals surface area (Å²) in [4.78, 5) is 13.1. The van der Waals surface area contributed by atoms with E-state index in [1.165, 1.54) is 110 Å². The summed E-state index contributed by atoms with van der Waals surface area (Å²) in [6.45, 7) is 13.8. The van der Waals surface area contributed by atoms with Gasteiger partial charge in [0.2, 0.25) is 0 Å². The highest BCUT2D eigenvalue weighted by Gasteiger charge is 2.39. The van der Waals surface area contributed by atoms with Crippen LogP contribution in [0.1, 0.15) is 71.1 Å². The average Bonchev–Trinajstić information content (AvgIpc) is 3.06. The molecule has 0 atom stereocenters. The number of hydrogen-bond acceptors (Lipinski definition) is 4. The number of aliphatic imine (C=N–C) groups is 1. The molecule has 0 saturated carbocycles. The molecule has 0 radical (unpaired) electrons. The van der Waals surface area contributed by atoms with Crippen molar-refractivity contribution in [3.8, 4) is 0 Å². The Bertz CT molecular complexity index is 486. The smallest absolute Gasteiger partial charge is 0.191 e. The van der Waals surface area contributed by atoms with Crippen LogP contribution in [0.3, 0.4) is 0 Å². The first kappa shape index (κ1) is 23.8. The summed E-state index contributed by atoms with van der Waals surface area (Å²) in [6, 6.07) is 0. The van der Waals surface area contributed by atoms with Gasteiger partial charge in [-0.2, -0.15) is 0 Å². The van der Waals surface area contributed by atoms with Crippen molar-refractivity contribution in [2.75, 3.05) is 72.5 Å². The van der Waals surface area contributed by atoms with Crippen LogP contribution >= 0.6 is 0 Å². The Kier molecular flexibility index (Phi) is 10.2. The molecule has 6 heteroatoms. The molecular formula is C24H48N6. The minimum Gasteiger partial charge on any atom is -0.357 e. The van der Waals surface area contributed by atoms with Crippen LogP contribution < -0.4 is 10.6 Å². The van der Waals surface area contributed by atoms with Crippen LogP contribution in [0, 0.1) is 0 Å². The van der Waals surface area contributed by atoms with Gasteiger partial charge in [0.25, 0.3) is 0 Å². The van der Waals surface area contributed by atoms with Gasteiger partial charge in [-0.15, -0.1) is 0 Å². The molecule has 3 aliphatic rings. The summed E-state index contributed by atoms with van der Waals surface area (Å²) in [6.07, 6.45) is 13.4. The minimum atomic E-state index is 0.265. The normalized spacial score (nSPS) is 25.1. The van der Waals surface area contributed by atoms with Crippen LogP contribution in [-0.2, 0) is 0 Å². The number of rotatable bonds is 8. The van der Waals surface area contributed by atoms with E-state index in [1.54, 1.807) is 0 Å². The summed E-state index contributed by atoms with van der Waals surface area (Å²) < 4.78 is 0. The molecule has 3 saturated heterocycles. The van der Waals surface area contributed by atoms with Gasteiger partial charge in [-0.25, -0.2) is 0 Å². The molecular weight excluding hydrogens is 372 g/mol. The van der Waals surface area contributed by atoms with Gasteiger partial charge >= 0.3 is 0 Å². The highest BCUT2D eigenvalue weighted by Crippen LogP contribution is 2.31. The molecule has 0 aliphatic carbocycles. The van der Waals surface area contributed by atoms with E-state index in [2.05, 4.69) is 39.3 Å². The number of nitrogens with one attached hydrogen (secondary N) is 2. The second kappa shape index (κ2) is 12.9. The molecule has 0 aromatic heterocycles. The van der Waals surface area contributed by atoms with Crippen molar-refractivity contribution in [2.45, 2.75) is 76.7 Å². The third-order valence-corrected chi connectivity index (χ3v) is 7.46. The molecule has 6 nitrogen and oxygen atoms in total. The molecule has 0 bridgehead atoms. The van der Waals surface area contributed by atoms with E-state index in [9.17, 15) is 0 Å². The van der Waals surface area contributed by atoms with Crippen LogP contribution in [-0.4, -0.2) is 98.7 Å². The number of nitrogens with zero attached hydrogens (tertiary/aromatic N) is 4. The van der Waals surface area contributed by atoms with E-state index in [1.807, 2.05) is 0 Å². The highest BCUT2D eigenvalue weighted by molar-refractivity contribution is 5.79. The fraction of sp³-hybridized carbons (Fsp3) is 0.958. The number of guanidine groups is 1. The number of hydrogen-bond donors (Lipinski definition) is 2. The number of likely N-dealkylation sites (tertiary alicyclic amines) is 3. The van der Waals surface area contributed by atoms with E-state index < -0.39 is 0 Å². The quantitative estimate of drug-likeness (QED) is 0.359. The maximum absolute atomic E-state index is 5.13. The Morgan fingerprint density at radius 3 is 2.13 bits per heavy atom. The zero-order valence-corrected chi connectivity index (χ0v) is 19.9. The molecule has 0 aromatic rings. The Balaban J connectivity index is 1.51. The molecule has 30 heavy (non-hydrogen) atoms. The molecule has 174 valence electrons. The first-order chi connectivity index (χ1) is 14.7.